The minimum absolute atomic E-state index is 0.0689. The summed E-state index contributed by atoms with van der Waals surface area (Å²) in [6.45, 7) is 0. The van der Waals surface area contributed by atoms with Crippen LogP contribution in [0.4, 0.5) is 5.69 Å². The molecule has 1 aliphatic heterocycles. The molecule has 9 aromatic rings. The van der Waals surface area contributed by atoms with Crippen molar-refractivity contribution in [1.29, 1.82) is 0 Å². The number of fused-ring (bicyclic) bond motifs is 3. The minimum Gasteiger partial charge on any atom is -0.374 e. The van der Waals surface area contributed by atoms with Crippen LogP contribution in [-0.4, -0.2) is 15.0 Å². The van der Waals surface area contributed by atoms with E-state index in [9.17, 15) is 0 Å². The van der Waals surface area contributed by atoms with Gasteiger partial charge in [0, 0.05) is 27.9 Å². The van der Waals surface area contributed by atoms with E-state index in [-0.39, 0.29) is 6.04 Å². The highest BCUT2D eigenvalue weighted by atomic mass is 15.0. The molecule has 0 amide bonds. The van der Waals surface area contributed by atoms with Crippen molar-refractivity contribution in [2.24, 2.45) is 0 Å². The van der Waals surface area contributed by atoms with Crippen LogP contribution in [0.5, 0.6) is 0 Å². The maximum atomic E-state index is 4.99. The third kappa shape index (κ3) is 6.33. The number of nitrogens with one attached hydrogen (secondary N) is 1. The van der Waals surface area contributed by atoms with E-state index in [2.05, 4.69) is 151 Å². The number of anilines is 1. The Bertz CT molecular complexity index is 2810. The lowest BCUT2D eigenvalue weighted by atomic mass is 9.85. The molecule has 4 nitrogen and oxygen atoms in total. The summed E-state index contributed by atoms with van der Waals surface area (Å²) in [6.07, 6.45) is 2.38. The first-order chi connectivity index (χ1) is 27.7. The highest BCUT2D eigenvalue weighted by Crippen LogP contribution is 2.44. The number of hydrogen-bond donors (Lipinski definition) is 1. The SMILES string of the molecule is C1=C(c2ccccc2)c2c(ccc3c(-c4cccc(-c5cccc(-c6nc(-c7ccccc7)nc(-c7ccccc7)n6)c5)c4)cccc23)NC1c1ccccc1. The van der Waals surface area contributed by atoms with Crippen molar-refractivity contribution in [2.45, 2.75) is 6.04 Å². The van der Waals surface area contributed by atoms with Gasteiger partial charge in [0.25, 0.3) is 0 Å². The molecule has 56 heavy (non-hydrogen) atoms. The number of rotatable bonds is 7. The average molecular weight is 717 g/mol. The summed E-state index contributed by atoms with van der Waals surface area (Å²) in [5, 5.41) is 6.28. The fourth-order valence-corrected chi connectivity index (χ4v) is 7.82. The highest BCUT2D eigenvalue weighted by Gasteiger charge is 2.24. The zero-order valence-electron chi connectivity index (χ0n) is 30.5. The maximum Gasteiger partial charge on any atom is 0.164 e. The zero-order valence-corrected chi connectivity index (χ0v) is 30.5. The molecule has 0 radical (unpaired) electrons. The molecule has 0 saturated heterocycles. The number of aromatic nitrogens is 3. The van der Waals surface area contributed by atoms with Crippen LogP contribution < -0.4 is 5.32 Å². The summed E-state index contributed by atoms with van der Waals surface area (Å²) in [7, 11) is 0. The number of nitrogens with zero attached hydrogens (tertiary/aromatic N) is 3. The van der Waals surface area contributed by atoms with E-state index in [1.54, 1.807) is 0 Å². The molecule has 0 fully saturated rings. The van der Waals surface area contributed by atoms with Crippen LogP contribution >= 0.6 is 0 Å². The van der Waals surface area contributed by atoms with E-state index >= 15 is 0 Å². The van der Waals surface area contributed by atoms with Crippen LogP contribution in [0, 0.1) is 0 Å². The van der Waals surface area contributed by atoms with Gasteiger partial charge in [-0.3, -0.25) is 0 Å². The summed E-state index contributed by atoms with van der Waals surface area (Å²) in [5.74, 6) is 1.94. The molecule has 1 aliphatic rings. The lowest BCUT2D eigenvalue weighted by Gasteiger charge is -2.29. The standard InChI is InChI=1S/C52H36N4/c1-5-16-35(17-6-1)46-34-48(36-18-7-2-8-19-36)53-47-31-30-44-43(28-15-29-45(44)49(46)47)41-26-13-24-39(32-41)40-25-14-27-42(33-40)52-55-50(37-20-9-3-10-21-37)54-51(56-52)38-22-11-4-12-23-38/h1-34,48,53H. The van der Waals surface area contributed by atoms with Crippen LogP contribution in [0.15, 0.2) is 206 Å². The van der Waals surface area contributed by atoms with Gasteiger partial charge in [-0.2, -0.15) is 0 Å². The Kier molecular flexibility index (Phi) is 8.54. The molecule has 264 valence electrons. The van der Waals surface area contributed by atoms with E-state index in [1.165, 1.54) is 38.6 Å². The summed E-state index contributed by atoms with van der Waals surface area (Å²) >= 11 is 0. The molecule has 4 heteroatoms. The predicted octanol–water partition coefficient (Wildman–Crippen LogP) is 13.0. The molecule has 10 rings (SSSR count). The molecule has 0 saturated carbocycles. The largest absolute Gasteiger partial charge is 0.374 e. The molecule has 0 aliphatic carbocycles. The summed E-state index contributed by atoms with van der Waals surface area (Å²) in [6, 6.07) is 70.2. The molecule has 0 spiro atoms. The summed E-state index contributed by atoms with van der Waals surface area (Å²) in [5.41, 5.74) is 13.5. The van der Waals surface area contributed by atoms with Crippen LogP contribution in [0.2, 0.25) is 0 Å². The molecule has 1 aromatic heterocycles. The van der Waals surface area contributed by atoms with Crippen molar-refractivity contribution in [1.82, 2.24) is 15.0 Å². The smallest absolute Gasteiger partial charge is 0.164 e. The third-order valence-electron chi connectivity index (χ3n) is 10.5. The van der Waals surface area contributed by atoms with E-state index in [0.717, 1.165) is 39.1 Å². The van der Waals surface area contributed by atoms with Gasteiger partial charge < -0.3 is 5.32 Å². The highest BCUT2D eigenvalue weighted by molar-refractivity contribution is 6.09. The maximum absolute atomic E-state index is 4.99. The van der Waals surface area contributed by atoms with Crippen molar-refractivity contribution in [2.75, 3.05) is 5.32 Å². The normalized spacial score (nSPS) is 13.4. The molecule has 8 aromatic carbocycles. The van der Waals surface area contributed by atoms with Crippen molar-refractivity contribution in [3.63, 3.8) is 0 Å². The second kappa shape index (κ2) is 14.4. The van der Waals surface area contributed by atoms with Gasteiger partial charge in [-0.25, -0.2) is 15.0 Å². The van der Waals surface area contributed by atoms with Gasteiger partial charge in [-0.15, -0.1) is 0 Å². The number of benzene rings is 8. The lowest BCUT2D eigenvalue weighted by molar-refractivity contribution is 0.974. The van der Waals surface area contributed by atoms with Crippen molar-refractivity contribution >= 4 is 22.0 Å². The second-order valence-electron chi connectivity index (χ2n) is 14.1. The Morgan fingerprint density at radius 1 is 0.357 bits per heavy atom. The summed E-state index contributed by atoms with van der Waals surface area (Å²) in [4.78, 5) is 14.9. The number of hydrogen-bond acceptors (Lipinski definition) is 4. The first kappa shape index (κ1) is 33.2. The fraction of sp³-hybridized carbons (Fsp3) is 0.0192. The first-order valence-corrected chi connectivity index (χ1v) is 19.0. The Morgan fingerprint density at radius 2 is 0.839 bits per heavy atom. The molecule has 1 unspecified atom stereocenters. The van der Waals surface area contributed by atoms with E-state index < -0.39 is 0 Å². The summed E-state index contributed by atoms with van der Waals surface area (Å²) < 4.78 is 0. The van der Waals surface area contributed by atoms with Crippen LogP contribution in [0.25, 0.3) is 72.8 Å². The first-order valence-electron chi connectivity index (χ1n) is 19.0. The average Bonchev–Trinajstić information content (AvgIpc) is 3.29. The van der Waals surface area contributed by atoms with Gasteiger partial charge in [0.1, 0.15) is 0 Å². The predicted molar refractivity (Wildman–Crippen MR) is 231 cm³/mol. The van der Waals surface area contributed by atoms with Gasteiger partial charge in [0.15, 0.2) is 17.5 Å². The molecular formula is C52H36N4. The zero-order chi connectivity index (χ0) is 37.3. The van der Waals surface area contributed by atoms with Crippen LogP contribution in [-0.2, 0) is 0 Å². The second-order valence-corrected chi connectivity index (χ2v) is 14.1. The van der Waals surface area contributed by atoms with Crippen molar-refractivity contribution in [3.8, 4) is 56.4 Å². The Labute approximate surface area is 326 Å². The van der Waals surface area contributed by atoms with E-state index in [4.69, 9.17) is 15.0 Å². The molecular weight excluding hydrogens is 681 g/mol. The van der Waals surface area contributed by atoms with Gasteiger partial charge in [-0.05, 0) is 74.0 Å². The van der Waals surface area contributed by atoms with Crippen molar-refractivity contribution in [3.05, 3.63) is 223 Å². The van der Waals surface area contributed by atoms with Gasteiger partial charge in [0.05, 0.1) is 6.04 Å². The van der Waals surface area contributed by atoms with Crippen molar-refractivity contribution < 1.29 is 0 Å². The minimum atomic E-state index is 0.0689. The molecule has 0 bridgehead atoms. The lowest BCUT2D eigenvalue weighted by Crippen LogP contribution is -2.15. The van der Waals surface area contributed by atoms with Gasteiger partial charge in [-0.1, -0.05) is 182 Å². The van der Waals surface area contributed by atoms with Gasteiger partial charge >= 0.3 is 0 Å². The third-order valence-corrected chi connectivity index (χ3v) is 10.5. The molecule has 1 atom stereocenters. The topological polar surface area (TPSA) is 50.7 Å². The quantitative estimate of drug-likeness (QED) is 0.178. The monoisotopic (exact) mass is 716 g/mol. The Balaban J connectivity index is 1.05. The molecule has 1 N–H and O–H groups in total. The van der Waals surface area contributed by atoms with E-state index in [1.807, 2.05) is 60.7 Å². The Hall–Kier alpha value is -7.43. The van der Waals surface area contributed by atoms with Crippen LogP contribution in [0.1, 0.15) is 22.7 Å². The van der Waals surface area contributed by atoms with Gasteiger partial charge in [0.2, 0.25) is 0 Å². The fourth-order valence-electron chi connectivity index (χ4n) is 7.82. The Morgan fingerprint density at radius 3 is 1.46 bits per heavy atom. The van der Waals surface area contributed by atoms with Crippen LogP contribution in [0.3, 0.4) is 0 Å². The molecule has 2 heterocycles. The van der Waals surface area contributed by atoms with E-state index in [0.29, 0.717) is 17.5 Å².